The summed E-state index contributed by atoms with van der Waals surface area (Å²) < 4.78 is 1.84. The van der Waals surface area contributed by atoms with Crippen molar-refractivity contribution in [2.45, 2.75) is 13.5 Å². The molecule has 0 aliphatic rings. The lowest BCUT2D eigenvalue weighted by molar-refractivity contribution is 0.625. The van der Waals surface area contributed by atoms with E-state index in [4.69, 9.17) is 17.3 Å². The molecule has 1 heterocycles. The van der Waals surface area contributed by atoms with Crippen molar-refractivity contribution < 1.29 is 0 Å². The second kappa shape index (κ2) is 4.68. The van der Waals surface area contributed by atoms with Gasteiger partial charge in [0.15, 0.2) is 0 Å². The van der Waals surface area contributed by atoms with Gasteiger partial charge in [0, 0.05) is 23.3 Å². The maximum atomic E-state index is 6.08. The first-order valence-electron chi connectivity index (χ1n) is 5.20. The predicted molar refractivity (Wildman–Crippen MR) is 66.5 cm³/mol. The van der Waals surface area contributed by atoms with Gasteiger partial charge in [-0.05, 0) is 24.1 Å². The van der Waals surface area contributed by atoms with Gasteiger partial charge in [-0.3, -0.25) is 4.68 Å². The molecule has 1 aromatic heterocycles. The SMILES string of the molecule is Cc1ccc(-c2cnn(CCN)c2)cc1Cl. The summed E-state index contributed by atoms with van der Waals surface area (Å²) in [6.45, 7) is 3.32. The van der Waals surface area contributed by atoms with Gasteiger partial charge in [0.1, 0.15) is 0 Å². The number of hydrogen-bond acceptors (Lipinski definition) is 2. The van der Waals surface area contributed by atoms with Gasteiger partial charge in [-0.25, -0.2) is 0 Å². The van der Waals surface area contributed by atoms with E-state index in [0.717, 1.165) is 28.3 Å². The molecule has 0 aliphatic heterocycles. The third kappa shape index (κ3) is 2.26. The summed E-state index contributed by atoms with van der Waals surface area (Å²) in [7, 11) is 0. The van der Waals surface area contributed by atoms with E-state index < -0.39 is 0 Å². The van der Waals surface area contributed by atoms with Crippen molar-refractivity contribution >= 4 is 11.6 Å². The number of nitrogens with zero attached hydrogens (tertiary/aromatic N) is 2. The highest BCUT2D eigenvalue weighted by molar-refractivity contribution is 6.31. The van der Waals surface area contributed by atoms with Gasteiger partial charge >= 0.3 is 0 Å². The monoisotopic (exact) mass is 235 g/mol. The van der Waals surface area contributed by atoms with Crippen LogP contribution < -0.4 is 5.73 Å². The topological polar surface area (TPSA) is 43.8 Å². The molecule has 2 N–H and O–H groups in total. The minimum absolute atomic E-state index is 0.593. The number of aromatic nitrogens is 2. The molecule has 0 spiro atoms. The predicted octanol–water partition coefficient (Wildman–Crippen LogP) is 2.47. The van der Waals surface area contributed by atoms with E-state index in [-0.39, 0.29) is 0 Å². The molecule has 4 heteroatoms. The van der Waals surface area contributed by atoms with Crippen LogP contribution in [0.1, 0.15) is 5.56 Å². The van der Waals surface area contributed by atoms with Gasteiger partial charge in [-0.15, -0.1) is 0 Å². The van der Waals surface area contributed by atoms with Gasteiger partial charge in [-0.2, -0.15) is 5.10 Å². The van der Waals surface area contributed by atoms with Crippen molar-refractivity contribution in [3.05, 3.63) is 41.2 Å². The van der Waals surface area contributed by atoms with Crippen LogP contribution in [0, 0.1) is 6.92 Å². The molecule has 0 saturated heterocycles. The number of nitrogens with two attached hydrogens (primary N) is 1. The van der Waals surface area contributed by atoms with Crippen LogP contribution in [-0.2, 0) is 6.54 Å². The molecule has 3 nitrogen and oxygen atoms in total. The van der Waals surface area contributed by atoms with Crippen LogP contribution >= 0.6 is 11.6 Å². The second-order valence-electron chi connectivity index (χ2n) is 3.74. The van der Waals surface area contributed by atoms with E-state index in [0.29, 0.717) is 6.54 Å². The molecule has 2 rings (SSSR count). The van der Waals surface area contributed by atoms with Crippen molar-refractivity contribution in [1.82, 2.24) is 9.78 Å². The largest absolute Gasteiger partial charge is 0.329 e. The zero-order valence-electron chi connectivity index (χ0n) is 9.15. The zero-order valence-corrected chi connectivity index (χ0v) is 9.91. The highest BCUT2D eigenvalue weighted by Gasteiger charge is 2.03. The van der Waals surface area contributed by atoms with E-state index in [2.05, 4.69) is 5.10 Å². The van der Waals surface area contributed by atoms with E-state index >= 15 is 0 Å². The highest BCUT2D eigenvalue weighted by atomic mass is 35.5. The maximum absolute atomic E-state index is 6.08. The number of hydrogen-bond donors (Lipinski definition) is 1. The Morgan fingerprint density at radius 1 is 1.38 bits per heavy atom. The van der Waals surface area contributed by atoms with Crippen LogP contribution in [-0.4, -0.2) is 16.3 Å². The zero-order chi connectivity index (χ0) is 11.5. The minimum Gasteiger partial charge on any atom is -0.329 e. The average Bonchev–Trinajstić information content (AvgIpc) is 2.71. The molecule has 0 unspecified atom stereocenters. The molecule has 0 fully saturated rings. The van der Waals surface area contributed by atoms with Gasteiger partial charge in [0.25, 0.3) is 0 Å². The van der Waals surface area contributed by atoms with Crippen molar-refractivity contribution in [2.75, 3.05) is 6.54 Å². The fraction of sp³-hybridized carbons (Fsp3) is 0.250. The number of halogens is 1. The Balaban J connectivity index is 2.31. The third-order valence-corrected chi connectivity index (χ3v) is 2.90. The molecule has 0 bridgehead atoms. The summed E-state index contributed by atoms with van der Waals surface area (Å²) >= 11 is 6.08. The van der Waals surface area contributed by atoms with Gasteiger partial charge in [0.2, 0.25) is 0 Å². The number of aryl methyl sites for hydroxylation is 1. The molecule has 0 atom stereocenters. The molecule has 0 radical (unpaired) electrons. The van der Waals surface area contributed by atoms with Crippen molar-refractivity contribution in [3.63, 3.8) is 0 Å². The minimum atomic E-state index is 0.593. The number of rotatable bonds is 3. The van der Waals surface area contributed by atoms with Crippen molar-refractivity contribution in [3.8, 4) is 11.1 Å². The first-order chi connectivity index (χ1) is 7.70. The van der Waals surface area contributed by atoms with Crippen molar-refractivity contribution in [2.24, 2.45) is 5.73 Å². The Bertz CT molecular complexity index is 491. The smallest absolute Gasteiger partial charge is 0.0568 e. The third-order valence-electron chi connectivity index (χ3n) is 2.50. The van der Waals surface area contributed by atoms with E-state index in [9.17, 15) is 0 Å². The highest BCUT2D eigenvalue weighted by Crippen LogP contribution is 2.24. The Kier molecular flexibility index (Phi) is 3.27. The van der Waals surface area contributed by atoms with Crippen molar-refractivity contribution in [1.29, 1.82) is 0 Å². The van der Waals surface area contributed by atoms with Crippen LogP contribution in [0.5, 0.6) is 0 Å². The Hall–Kier alpha value is -1.32. The fourth-order valence-corrected chi connectivity index (χ4v) is 1.72. The first-order valence-corrected chi connectivity index (χ1v) is 5.57. The molecule has 0 aliphatic carbocycles. The Labute approximate surface area is 99.8 Å². The molecule has 84 valence electrons. The Morgan fingerprint density at radius 3 is 2.88 bits per heavy atom. The van der Waals surface area contributed by atoms with Crippen LogP contribution in [0.2, 0.25) is 5.02 Å². The first kappa shape index (κ1) is 11.2. The van der Waals surface area contributed by atoms with Crippen LogP contribution in [0.3, 0.4) is 0 Å². The summed E-state index contributed by atoms with van der Waals surface area (Å²) in [5, 5.41) is 5.01. The van der Waals surface area contributed by atoms with Crippen LogP contribution in [0.25, 0.3) is 11.1 Å². The lowest BCUT2D eigenvalue weighted by Crippen LogP contribution is -2.09. The molecule has 0 saturated carbocycles. The van der Waals surface area contributed by atoms with E-state index in [1.165, 1.54) is 0 Å². The van der Waals surface area contributed by atoms with E-state index in [1.807, 2.05) is 42.2 Å². The molecule has 1 aromatic carbocycles. The summed E-state index contributed by atoms with van der Waals surface area (Å²) in [6.07, 6.45) is 3.81. The summed E-state index contributed by atoms with van der Waals surface area (Å²) in [5.41, 5.74) is 8.70. The Morgan fingerprint density at radius 2 is 2.19 bits per heavy atom. The molecule has 2 aromatic rings. The summed E-state index contributed by atoms with van der Waals surface area (Å²) in [6, 6.07) is 6.02. The molecule has 0 amide bonds. The quantitative estimate of drug-likeness (QED) is 0.888. The summed E-state index contributed by atoms with van der Waals surface area (Å²) in [5.74, 6) is 0. The van der Waals surface area contributed by atoms with Gasteiger partial charge in [-0.1, -0.05) is 23.7 Å². The molecular formula is C12H14ClN3. The van der Waals surface area contributed by atoms with Crippen LogP contribution in [0.4, 0.5) is 0 Å². The van der Waals surface area contributed by atoms with Gasteiger partial charge in [0.05, 0.1) is 12.7 Å². The molecule has 16 heavy (non-hydrogen) atoms. The molecular weight excluding hydrogens is 222 g/mol. The van der Waals surface area contributed by atoms with Gasteiger partial charge < -0.3 is 5.73 Å². The summed E-state index contributed by atoms with van der Waals surface area (Å²) in [4.78, 5) is 0. The van der Waals surface area contributed by atoms with Crippen LogP contribution in [0.15, 0.2) is 30.6 Å². The standard InChI is InChI=1S/C12H14ClN3/c1-9-2-3-10(6-12(9)13)11-7-15-16(8-11)5-4-14/h2-3,6-8H,4-5,14H2,1H3. The fourth-order valence-electron chi connectivity index (χ4n) is 1.54. The lowest BCUT2D eigenvalue weighted by atomic mass is 10.1. The normalized spacial score (nSPS) is 10.7. The lowest BCUT2D eigenvalue weighted by Gasteiger charge is -2.01. The maximum Gasteiger partial charge on any atom is 0.0568 e. The van der Waals surface area contributed by atoms with E-state index in [1.54, 1.807) is 0 Å². The average molecular weight is 236 g/mol. The number of benzene rings is 1. The second-order valence-corrected chi connectivity index (χ2v) is 4.15.